The maximum Gasteiger partial charge on any atom is 0.123 e. The standard InChI is InChI=1S/C17H21FN2S/c1-2-3-15-16(11-19-14-8-9-14)21-17(20-15)10-12-4-6-13(18)7-5-12/h4-7,14,19H,2-3,8-11H2,1H3. The Morgan fingerprint density at radius 1 is 1.29 bits per heavy atom. The first-order valence-electron chi connectivity index (χ1n) is 7.70. The number of hydrogen-bond donors (Lipinski definition) is 1. The molecule has 0 unspecified atom stereocenters. The van der Waals surface area contributed by atoms with E-state index in [0.717, 1.165) is 42.4 Å². The van der Waals surface area contributed by atoms with Crippen molar-refractivity contribution in [3.63, 3.8) is 0 Å². The van der Waals surface area contributed by atoms with Gasteiger partial charge < -0.3 is 5.32 Å². The highest BCUT2D eigenvalue weighted by Gasteiger charge is 2.21. The molecule has 112 valence electrons. The lowest BCUT2D eigenvalue weighted by Gasteiger charge is -2.01. The zero-order valence-corrected chi connectivity index (χ0v) is 13.2. The normalized spacial score (nSPS) is 14.6. The molecule has 0 atom stereocenters. The molecule has 0 amide bonds. The van der Waals surface area contributed by atoms with E-state index < -0.39 is 0 Å². The molecule has 21 heavy (non-hydrogen) atoms. The van der Waals surface area contributed by atoms with Gasteiger partial charge in [0.25, 0.3) is 0 Å². The van der Waals surface area contributed by atoms with Crippen LogP contribution in [0.5, 0.6) is 0 Å². The van der Waals surface area contributed by atoms with E-state index in [9.17, 15) is 4.39 Å². The maximum atomic E-state index is 13.0. The van der Waals surface area contributed by atoms with Crippen LogP contribution in [0, 0.1) is 5.82 Å². The summed E-state index contributed by atoms with van der Waals surface area (Å²) < 4.78 is 13.0. The topological polar surface area (TPSA) is 24.9 Å². The smallest absolute Gasteiger partial charge is 0.123 e. The Kier molecular flexibility index (Phi) is 4.66. The Morgan fingerprint density at radius 2 is 2.05 bits per heavy atom. The van der Waals surface area contributed by atoms with E-state index in [1.807, 2.05) is 12.1 Å². The van der Waals surface area contributed by atoms with Crippen molar-refractivity contribution >= 4 is 11.3 Å². The summed E-state index contributed by atoms with van der Waals surface area (Å²) in [5.41, 5.74) is 2.36. The first-order chi connectivity index (χ1) is 10.2. The van der Waals surface area contributed by atoms with Crippen molar-refractivity contribution in [3.8, 4) is 0 Å². The van der Waals surface area contributed by atoms with Crippen molar-refractivity contribution < 1.29 is 4.39 Å². The molecule has 0 aliphatic heterocycles. The molecule has 1 aliphatic rings. The summed E-state index contributed by atoms with van der Waals surface area (Å²) in [4.78, 5) is 6.18. The monoisotopic (exact) mass is 304 g/mol. The lowest BCUT2D eigenvalue weighted by Crippen LogP contribution is -2.15. The fraction of sp³-hybridized carbons (Fsp3) is 0.471. The summed E-state index contributed by atoms with van der Waals surface area (Å²) in [6, 6.07) is 7.45. The average Bonchev–Trinajstić information content (AvgIpc) is 3.23. The second kappa shape index (κ2) is 6.67. The van der Waals surface area contributed by atoms with Gasteiger partial charge >= 0.3 is 0 Å². The number of benzene rings is 1. The summed E-state index contributed by atoms with van der Waals surface area (Å²) in [5.74, 6) is -0.182. The molecule has 3 rings (SSSR count). The third-order valence-electron chi connectivity index (χ3n) is 3.71. The van der Waals surface area contributed by atoms with Gasteiger partial charge in [-0.3, -0.25) is 0 Å². The second-order valence-corrected chi connectivity index (χ2v) is 6.85. The van der Waals surface area contributed by atoms with Gasteiger partial charge in [0.2, 0.25) is 0 Å². The Morgan fingerprint density at radius 3 is 2.71 bits per heavy atom. The zero-order chi connectivity index (χ0) is 14.7. The predicted molar refractivity (Wildman–Crippen MR) is 85.2 cm³/mol. The van der Waals surface area contributed by atoms with Crippen molar-refractivity contribution in [2.45, 2.75) is 51.6 Å². The van der Waals surface area contributed by atoms with Crippen molar-refractivity contribution in [2.24, 2.45) is 0 Å². The molecule has 2 nitrogen and oxygen atoms in total. The van der Waals surface area contributed by atoms with Crippen LogP contribution in [-0.2, 0) is 19.4 Å². The molecule has 1 heterocycles. The number of aromatic nitrogens is 1. The quantitative estimate of drug-likeness (QED) is 0.834. The molecular weight excluding hydrogens is 283 g/mol. The molecule has 1 aromatic heterocycles. The van der Waals surface area contributed by atoms with E-state index in [2.05, 4.69) is 12.2 Å². The third-order valence-corrected chi connectivity index (χ3v) is 4.80. The van der Waals surface area contributed by atoms with Crippen LogP contribution in [0.2, 0.25) is 0 Å². The molecular formula is C17H21FN2S. The van der Waals surface area contributed by atoms with Crippen LogP contribution in [0.3, 0.4) is 0 Å². The van der Waals surface area contributed by atoms with Gasteiger partial charge in [-0.25, -0.2) is 9.37 Å². The highest BCUT2D eigenvalue weighted by atomic mass is 32.1. The molecule has 2 aromatic rings. The summed E-state index contributed by atoms with van der Waals surface area (Å²) in [6.45, 7) is 3.14. The number of nitrogens with zero attached hydrogens (tertiary/aromatic N) is 1. The molecule has 0 saturated heterocycles. The lowest BCUT2D eigenvalue weighted by molar-refractivity contribution is 0.627. The number of halogens is 1. The number of rotatable bonds is 7. The second-order valence-electron chi connectivity index (χ2n) is 5.69. The van der Waals surface area contributed by atoms with Gasteiger partial charge in [0.05, 0.1) is 10.7 Å². The zero-order valence-electron chi connectivity index (χ0n) is 12.4. The van der Waals surface area contributed by atoms with Gasteiger partial charge in [0.1, 0.15) is 5.82 Å². The molecule has 0 bridgehead atoms. The van der Waals surface area contributed by atoms with Crippen molar-refractivity contribution in [2.75, 3.05) is 0 Å². The first kappa shape index (κ1) is 14.7. The number of nitrogens with one attached hydrogen (secondary N) is 1. The van der Waals surface area contributed by atoms with Gasteiger partial charge in [0, 0.05) is 23.9 Å². The van der Waals surface area contributed by atoms with Crippen molar-refractivity contribution in [1.29, 1.82) is 0 Å². The van der Waals surface area contributed by atoms with Gasteiger partial charge in [-0.1, -0.05) is 25.5 Å². The Bertz CT molecular complexity index is 587. The SMILES string of the molecule is CCCc1nc(Cc2ccc(F)cc2)sc1CNC1CC1. The van der Waals surface area contributed by atoms with Gasteiger partial charge in [-0.15, -0.1) is 11.3 Å². The minimum Gasteiger partial charge on any atom is -0.309 e. The van der Waals surface area contributed by atoms with Crippen LogP contribution in [0.15, 0.2) is 24.3 Å². The Hall–Kier alpha value is -1.26. The fourth-order valence-corrected chi connectivity index (χ4v) is 3.48. The van der Waals surface area contributed by atoms with Crippen LogP contribution in [0.25, 0.3) is 0 Å². The van der Waals surface area contributed by atoms with Crippen LogP contribution >= 0.6 is 11.3 Å². The van der Waals surface area contributed by atoms with Crippen LogP contribution in [0.1, 0.15) is 47.3 Å². The van der Waals surface area contributed by atoms with E-state index in [1.54, 1.807) is 11.3 Å². The highest BCUT2D eigenvalue weighted by molar-refractivity contribution is 7.11. The van der Waals surface area contributed by atoms with Gasteiger partial charge in [-0.2, -0.15) is 0 Å². The molecule has 1 aromatic carbocycles. The summed E-state index contributed by atoms with van der Waals surface area (Å²) in [6.07, 6.45) is 5.58. The van der Waals surface area contributed by atoms with E-state index in [-0.39, 0.29) is 5.82 Å². The number of aryl methyl sites for hydroxylation is 1. The van der Waals surface area contributed by atoms with Crippen molar-refractivity contribution in [1.82, 2.24) is 10.3 Å². The van der Waals surface area contributed by atoms with E-state index in [0.29, 0.717) is 0 Å². The highest BCUT2D eigenvalue weighted by Crippen LogP contribution is 2.25. The predicted octanol–water partition coefficient (Wildman–Crippen LogP) is 4.08. The van der Waals surface area contributed by atoms with Crippen LogP contribution in [-0.4, -0.2) is 11.0 Å². The third kappa shape index (κ3) is 4.11. The summed E-state index contributed by atoms with van der Waals surface area (Å²) in [5, 5.41) is 4.71. The van der Waals surface area contributed by atoms with Gasteiger partial charge in [-0.05, 0) is 37.0 Å². The Balaban J connectivity index is 1.71. The molecule has 0 radical (unpaired) electrons. The maximum absolute atomic E-state index is 13.0. The lowest BCUT2D eigenvalue weighted by atomic mass is 10.1. The molecule has 1 N–H and O–H groups in total. The van der Waals surface area contributed by atoms with E-state index in [1.165, 1.54) is 35.5 Å². The minimum absolute atomic E-state index is 0.182. The molecule has 0 spiro atoms. The minimum atomic E-state index is -0.182. The van der Waals surface area contributed by atoms with E-state index >= 15 is 0 Å². The number of thiazole rings is 1. The average molecular weight is 304 g/mol. The Labute approximate surface area is 129 Å². The molecule has 1 fully saturated rings. The summed E-state index contributed by atoms with van der Waals surface area (Å²) >= 11 is 1.80. The molecule has 4 heteroatoms. The molecule has 1 saturated carbocycles. The fourth-order valence-electron chi connectivity index (χ4n) is 2.38. The summed E-state index contributed by atoms with van der Waals surface area (Å²) in [7, 11) is 0. The van der Waals surface area contributed by atoms with Crippen LogP contribution in [0.4, 0.5) is 4.39 Å². The van der Waals surface area contributed by atoms with Gasteiger partial charge in [0.15, 0.2) is 0 Å². The largest absolute Gasteiger partial charge is 0.309 e. The number of hydrogen-bond acceptors (Lipinski definition) is 3. The molecule has 1 aliphatic carbocycles. The van der Waals surface area contributed by atoms with Crippen molar-refractivity contribution in [3.05, 3.63) is 51.2 Å². The van der Waals surface area contributed by atoms with E-state index in [4.69, 9.17) is 4.98 Å². The first-order valence-corrected chi connectivity index (χ1v) is 8.51. The van der Waals surface area contributed by atoms with Crippen LogP contribution < -0.4 is 5.32 Å².